The highest BCUT2D eigenvalue weighted by atomic mass is 35.5. The van der Waals surface area contributed by atoms with Gasteiger partial charge < -0.3 is 16.0 Å². The van der Waals surface area contributed by atoms with Crippen molar-refractivity contribution < 1.29 is 4.79 Å². The number of anilines is 2. The van der Waals surface area contributed by atoms with Crippen LogP contribution in [0.1, 0.15) is 38.3 Å². The van der Waals surface area contributed by atoms with Gasteiger partial charge in [-0.3, -0.25) is 4.79 Å². The zero-order chi connectivity index (χ0) is 18.5. The topological polar surface area (TPSA) is 53.2 Å². The molecule has 138 valence electrons. The Hall–Kier alpha value is -2.04. The quantitative estimate of drug-likeness (QED) is 0.704. The normalized spacial score (nSPS) is 21.0. The number of rotatable bonds is 5. The number of carbonyl (C=O) groups excluding carboxylic acids is 1. The molecule has 1 heterocycles. The van der Waals surface area contributed by atoms with Crippen LogP contribution in [-0.2, 0) is 4.79 Å². The van der Waals surface area contributed by atoms with E-state index < -0.39 is 0 Å². The van der Waals surface area contributed by atoms with Crippen LogP contribution in [0.25, 0.3) is 0 Å². The smallest absolute Gasteiger partial charge is 0.227 e. The van der Waals surface area contributed by atoms with Crippen molar-refractivity contribution >= 4 is 28.9 Å². The van der Waals surface area contributed by atoms with Gasteiger partial charge in [0.1, 0.15) is 0 Å². The van der Waals surface area contributed by atoms with Gasteiger partial charge in [-0.1, -0.05) is 41.9 Å². The van der Waals surface area contributed by atoms with Crippen molar-refractivity contribution in [3.05, 3.63) is 59.1 Å². The Morgan fingerprint density at radius 2 is 2.00 bits per heavy atom. The molecule has 1 fully saturated rings. The van der Waals surface area contributed by atoms with Crippen LogP contribution in [0, 0.1) is 5.92 Å². The van der Waals surface area contributed by atoms with E-state index in [1.165, 1.54) is 5.56 Å². The van der Waals surface area contributed by atoms with E-state index in [9.17, 15) is 4.79 Å². The van der Waals surface area contributed by atoms with E-state index in [-0.39, 0.29) is 17.9 Å². The van der Waals surface area contributed by atoms with E-state index in [4.69, 9.17) is 11.6 Å². The summed E-state index contributed by atoms with van der Waals surface area (Å²) in [6, 6.07) is 16.4. The SMILES string of the molecule is CC(Nc1ccc(NC(=O)[C@H]2CCN[C@@H](C)C2)cc1Cl)c1ccccc1. The molecule has 0 bridgehead atoms. The van der Waals surface area contributed by atoms with Gasteiger partial charge in [-0.05, 0) is 57.0 Å². The molecule has 0 spiro atoms. The van der Waals surface area contributed by atoms with Crippen LogP contribution in [0.5, 0.6) is 0 Å². The minimum atomic E-state index is 0.0564. The van der Waals surface area contributed by atoms with Crippen LogP contribution in [0.15, 0.2) is 48.5 Å². The van der Waals surface area contributed by atoms with E-state index in [0.717, 1.165) is 30.8 Å². The second-order valence-electron chi connectivity index (χ2n) is 7.04. The average Bonchev–Trinajstić information content (AvgIpc) is 2.64. The lowest BCUT2D eigenvalue weighted by atomic mass is 9.92. The molecule has 0 aliphatic carbocycles. The summed E-state index contributed by atoms with van der Waals surface area (Å²) in [4.78, 5) is 12.5. The standard InChI is InChI=1S/C21H26ClN3O/c1-14-12-17(10-11-23-14)21(26)25-18-8-9-20(19(22)13-18)24-15(2)16-6-4-3-5-7-16/h3-9,13-15,17,23-24H,10-12H2,1-2H3,(H,25,26)/t14-,15?,17-/m0/s1. The van der Waals surface area contributed by atoms with Crippen molar-refractivity contribution in [2.45, 2.75) is 38.8 Å². The van der Waals surface area contributed by atoms with Crippen LogP contribution < -0.4 is 16.0 Å². The molecule has 1 aliphatic rings. The van der Waals surface area contributed by atoms with E-state index in [1.807, 2.05) is 36.4 Å². The number of hydrogen-bond donors (Lipinski definition) is 3. The maximum Gasteiger partial charge on any atom is 0.227 e. The zero-order valence-corrected chi connectivity index (χ0v) is 16.0. The maximum atomic E-state index is 12.5. The molecule has 1 aliphatic heterocycles. The molecular formula is C21H26ClN3O. The number of amides is 1. The van der Waals surface area contributed by atoms with Gasteiger partial charge in [0.25, 0.3) is 0 Å². The second kappa shape index (κ2) is 8.56. The van der Waals surface area contributed by atoms with E-state index in [2.05, 4.69) is 41.9 Å². The molecule has 26 heavy (non-hydrogen) atoms. The number of benzene rings is 2. The summed E-state index contributed by atoms with van der Waals surface area (Å²) < 4.78 is 0. The van der Waals surface area contributed by atoms with Crippen molar-refractivity contribution in [3.63, 3.8) is 0 Å². The first-order valence-electron chi connectivity index (χ1n) is 9.18. The molecule has 4 nitrogen and oxygen atoms in total. The molecule has 1 saturated heterocycles. The van der Waals surface area contributed by atoms with Gasteiger partial charge in [0, 0.05) is 23.7 Å². The molecule has 1 unspecified atom stereocenters. The first-order chi connectivity index (χ1) is 12.5. The largest absolute Gasteiger partial charge is 0.377 e. The molecule has 0 radical (unpaired) electrons. The molecule has 3 N–H and O–H groups in total. The fraction of sp³-hybridized carbons (Fsp3) is 0.381. The van der Waals surface area contributed by atoms with Crippen molar-refractivity contribution in [1.29, 1.82) is 0 Å². The van der Waals surface area contributed by atoms with E-state index >= 15 is 0 Å². The minimum absolute atomic E-state index is 0.0564. The molecule has 1 amide bonds. The highest BCUT2D eigenvalue weighted by Gasteiger charge is 2.24. The average molecular weight is 372 g/mol. The first-order valence-corrected chi connectivity index (χ1v) is 9.56. The Balaban J connectivity index is 1.63. The Bertz CT molecular complexity index is 750. The summed E-state index contributed by atoms with van der Waals surface area (Å²) in [6.07, 6.45) is 1.74. The van der Waals surface area contributed by atoms with Gasteiger partial charge in [-0.25, -0.2) is 0 Å². The fourth-order valence-corrected chi connectivity index (χ4v) is 3.62. The summed E-state index contributed by atoms with van der Waals surface area (Å²) in [6.45, 7) is 5.10. The molecule has 3 rings (SSSR count). The van der Waals surface area contributed by atoms with Crippen LogP contribution >= 0.6 is 11.6 Å². The Labute approximate surface area is 160 Å². The van der Waals surface area contributed by atoms with Gasteiger partial charge in [0.05, 0.1) is 10.7 Å². The lowest BCUT2D eigenvalue weighted by Crippen LogP contribution is -2.40. The summed E-state index contributed by atoms with van der Waals surface area (Å²) >= 11 is 6.43. The fourth-order valence-electron chi connectivity index (χ4n) is 3.38. The molecule has 2 aromatic rings. The predicted octanol–water partition coefficient (Wildman–Crippen LogP) is 4.84. The Kier molecular flexibility index (Phi) is 6.17. The number of carbonyl (C=O) groups is 1. The van der Waals surface area contributed by atoms with Crippen molar-refractivity contribution in [3.8, 4) is 0 Å². The molecular weight excluding hydrogens is 346 g/mol. The van der Waals surface area contributed by atoms with Gasteiger partial charge >= 0.3 is 0 Å². The Morgan fingerprint density at radius 3 is 2.69 bits per heavy atom. The maximum absolute atomic E-state index is 12.5. The molecule has 3 atom stereocenters. The molecule has 2 aromatic carbocycles. The Morgan fingerprint density at radius 1 is 1.23 bits per heavy atom. The zero-order valence-electron chi connectivity index (χ0n) is 15.3. The monoisotopic (exact) mass is 371 g/mol. The number of hydrogen-bond acceptors (Lipinski definition) is 3. The number of nitrogens with one attached hydrogen (secondary N) is 3. The van der Waals surface area contributed by atoms with Crippen LogP contribution in [0.2, 0.25) is 5.02 Å². The van der Waals surface area contributed by atoms with E-state index in [0.29, 0.717) is 11.1 Å². The highest BCUT2D eigenvalue weighted by molar-refractivity contribution is 6.33. The van der Waals surface area contributed by atoms with Gasteiger partial charge in [-0.2, -0.15) is 0 Å². The third kappa shape index (κ3) is 4.77. The van der Waals surface area contributed by atoms with E-state index in [1.54, 1.807) is 0 Å². The second-order valence-corrected chi connectivity index (χ2v) is 7.44. The van der Waals surface area contributed by atoms with Crippen LogP contribution in [0.3, 0.4) is 0 Å². The van der Waals surface area contributed by atoms with Crippen LogP contribution in [0.4, 0.5) is 11.4 Å². The lowest BCUT2D eigenvalue weighted by Gasteiger charge is -2.27. The third-order valence-electron chi connectivity index (χ3n) is 4.90. The third-order valence-corrected chi connectivity index (χ3v) is 5.22. The van der Waals surface area contributed by atoms with Crippen molar-refractivity contribution in [2.24, 2.45) is 5.92 Å². The van der Waals surface area contributed by atoms with Gasteiger partial charge in [0.15, 0.2) is 0 Å². The number of halogens is 1. The highest BCUT2D eigenvalue weighted by Crippen LogP contribution is 2.29. The summed E-state index contributed by atoms with van der Waals surface area (Å²) in [5.74, 6) is 0.133. The first kappa shape index (κ1) is 18.7. The molecule has 0 saturated carbocycles. The van der Waals surface area contributed by atoms with Crippen molar-refractivity contribution in [1.82, 2.24) is 5.32 Å². The minimum Gasteiger partial charge on any atom is -0.377 e. The predicted molar refractivity (Wildman–Crippen MR) is 109 cm³/mol. The summed E-state index contributed by atoms with van der Waals surface area (Å²) in [5.41, 5.74) is 2.79. The van der Waals surface area contributed by atoms with Crippen LogP contribution in [-0.4, -0.2) is 18.5 Å². The summed E-state index contributed by atoms with van der Waals surface area (Å²) in [7, 11) is 0. The molecule has 5 heteroatoms. The molecule has 0 aromatic heterocycles. The summed E-state index contributed by atoms with van der Waals surface area (Å²) in [5, 5.41) is 10.4. The van der Waals surface area contributed by atoms with Gasteiger partial charge in [-0.15, -0.1) is 0 Å². The lowest BCUT2D eigenvalue weighted by molar-refractivity contribution is -0.120. The van der Waals surface area contributed by atoms with Gasteiger partial charge in [0.2, 0.25) is 5.91 Å². The van der Waals surface area contributed by atoms with Crippen molar-refractivity contribution in [2.75, 3.05) is 17.2 Å². The number of piperidine rings is 1.